The average Bonchev–Trinajstić information content (AvgIpc) is 3.61. The molecule has 0 amide bonds. The molecule has 0 N–H and O–H groups in total. The molecule has 0 aliphatic heterocycles. The highest BCUT2D eigenvalue weighted by atomic mass is 15.1. The molecule has 0 radical (unpaired) electrons. The van der Waals surface area contributed by atoms with Gasteiger partial charge in [0.2, 0.25) is 0 Å². The molecule has 0 saturated heterocycles. The third-order valence-electron chi connectivity index (χ3n) is 8.61. The first-order valence-electron chi connectivity index (χ1n) is 14.9. The zero-order chi connectivity index (χ0) is 29.6. The number of aryl methyl sites for hydroxylation is 2. The summed E-state index contributed by atoms with van der Waals surface area (Å²) < 4.78 is 4.33. The summed E-state index contributed by atoms with van der Waals surface area (Å²) >= 11 is 0. The number of aromatic nitrogens is 4. The molecule has 210 valence electrons. The second-order valence-corrected chi connectivity index (χ2v) is 11.2. The maximum Gasteiger partial charge on any atom is 0.140 e. The minimum Gasteiger partial charge on any atom is -0.327 e. The summed E-state index contributed by atoms with van der Waals surface area (Å²) in [5, 5.41) is 0. The van der Waals surface area contributed by atoms with Crippen LogP contribution in [0.3, 0.4) is 0 Å². The van der Waals surface area contributed by atoms with Crippen molar-refractivity contribution in [2.24, 2.45) is 14.1 Å². The lowest BCUT2D eigenvalue weighted by Crippen LogP contribution is -1.94. The topological polar surface area (TPSA) is 35.6 Å². The third-order valence-corrected chi connectivity index (χ3v) is 8.61. The van der Waals surface area contributed by atoms with Crippen molar-refractivity contribution in [1.82, 2.24) is 19.1 Å². The highest BCUT2D eigenvalue weighted by Gasteiger charge is 2.16. The van der Waals surface area contributed by atoms with Crippen LogP contribution in [0.2, 0.25) is 0 Å². The van der Waals surface area contributed by atoms with Gasteiger partial charge in [-0.25, -0.2) is 9.97 Å². The van der Waals surface area contributed by atoms with E-state index in [0.29, 0.717) is 0 Å². The van der Waals surface area contributed by atoms with Gasteiger partial charge in [0, 0.05) is 25.2 Å². The van der Waals surface area contributed by atoms with Crippen LogP contribution in [0.1, 0.15) is 0 Å². The highest BCUT2D eigenvalue weighted by molar-refractivity contribution is 5.95. The molecule has 0 saturated carbocycles. The number of hydrogen-bond acceptors (Lipinski definition) is 2. The SMILES string of the molecule is Cn1c(-c2ccc(-c3cccc(-c4ccc(-c5nc6ccccc6n5C)cc4)c3-c3ccccc3)cc2)nc2ccccc21. The van der Waals surface area contributed by atoms with E-state index < -0.39 is 0 Å². The second-order valence-electron chi connectivity index (χ2n) is 11.2. The first-order valence-corrected chi connectivity index (χ1v) is 14.9. The van der Waals surface area contributed by atoms with Crippen LogP contribution >= 0.6 is 0 Å². The largest absolute Gasteiger partial charge is 0.327 e. The quantitative estimate of drug-likeness (QED) is 0.208. The number of para-hydroxylation sites is 4. The van der Waals surface area contributed by atoms with Gasteiger partial charge < -0.3 is 9.13 Å². The summed E-state index contributed by atoms with van der Waals surface area (Å²) in [5.41, 5.74) is 13.6. The van der Waals surface area contributed by atoms with Gasteiger partial charge in [-0.1, -0.05) is 121 Å². The van der Waals surface area contributed by atoms with Gasteiger partial charge in [-0.05, 0) is 57.6 Å². The van der Waals surface area contributed by atoms with Gasteiger partial charge in [-0.3, -0.25) is 0 Å². The van der Waals surface area contributed by atoms with Gasteiger partial charge in [0.25, 0.3) is 0 Å². The zero-order valence-corrected chi connectivity index (χ0v) is 24.6. The molecule has 2 aromatic heterocycles. The maximum atomic E-state index is 4.91. The van der Waals surface area contributed by atoms with Crippen LogP contribution in [0.4, 0.5) is 0 Å². The molecule has 0 spiro atoms. The van der Waals surface area contributed by atoms with Gasteiger partial charge >= 0.3 is 0 Å². The number of benzene rings is 6. The van der Waals surface area contributed by atoms with Crippen molar-refractivity contribution in [1.29, 1.82) is 0 Å². The molecule has 0 aliphatic carbocycles. The van der Waals surface area contributed by atoms with Crippen LogP contribution in [-0.4, -0.2) is 19.1 Å². The second kappa shape index (κ2) is 10.5. The van der Waals surface area contributed by atoms with Gasteiger partial charge in [-0.15, -0.1) is 0 Å². The Balaban J connectivity index is 1.21. The predicted octanol–water partition coefficient (Wildman–Crippen LogP) is 9.79. The van der Waals surface area contributed by atoms with E-state index in [-0.39, 0.29) is 0 Å². The minimum atomic E-state index is 0.968. The van der Waals surface area contributed by atoms with Crippen molar-refractivity contribution < 1.29 is 0 Å². The first-order chi connectivity index (χ1) is 21.7. The molecular weight excluding hydrogens is 536 g/mol. The van der Waals surface area contributed by atoms with Crippen LogP contribution in [0.25, 0.3) is 78.2 Å². The molecule has 44 heavy (non-hydrogen) atoms. The molecule has 8 aromatic rings. The average molecular weight is 567 g/mol. The summed E-state index contributed by atoms with van der Waals surface area (Å²) in [5.74, 6) is 1.94. The van der Waals surface area contributed by atoms with E-state index in [0.717, 1.165) is 44.8 Å². The molecule has 0 fully saturated rings. The molecule has 4 nitrogen and oxygen atoms in total. The van der Waals surface area contributed by atoms with Gasteiger partial charge in [-0.2, -0.15) is 0 Å². The Kier molecular flexibility index (Phi) is 6.20. The van der Waals surface area contributed by atoms with Crippen molar-refractivity contribution in [3.8, 4) is 56.2 Å². The van der Waals surface area contributed by atoms with E-state index in [1.807, 2.05) is 12.1 Å². The zero-order valence-electron chi connectivity index (χ0n) is 24.6. The molecule has 0 bridgehead atoms. The van der Waals surface area contributed by atoms with Crippen LogP contribution in [0, 0.1) is 0 Å². The summed E-state index contributed by atoms with van der Waals surface area (Å²) in [6.07, 6.45) is 0. The van der Waals surface area contributed by atoms with Crippen LogP contribution < -0.4 is 0 Å². The van der Waals surface area contributed by atoms with Gasteiger partial charge in [0.05, 0.1) is 22.1 Å². The van der Waals surface area contributed by atoms with Crippen molar-refractivity contribution in [3.63, 3.8) is 0 Å². The number of rotatable bonds is 5. The minimum absolute atomic E-state index is 0.968. The maximum absolute atomic E-state index is 4.91. The Bertz CT molecular complexity index is 2130. The predicted molar refractivity (Wildman–Crippen MR) is 182 cm³/mol. The summed E-state index contributed by atoms with van der Waals surface area (Å²) in [6.45, 7) is 0. The van der Waals surface area contributed by atoms with Crippen molar-refractivity contribution in [2.45, 2.75) is 0 Å². The molecule has 8 rings (SSSR count). The first kappa shape index (κ1) is 25.9. The van der Waals surface area contributed by atoms with Crippen LogP contribution in [-0.2, 0) is 14.1 Å². The Morgan fingerprint density at radius 1 is 0.364 bits per heavy atom. The van der Waals surface area contributed by atoms with E-state index in [1.165, 1.54) is 33.4 Å². The fourth-order valence-corrected chi connectivity index (χ4v) is 6.35. The van der Waals surface area contributed by atoms with E-state index >= 15 is 0 Å². The fourth-order valence-electron chi connectivity index (χ4n) is 6.35. The highest BCUT2D eigenvalue weighted by Crippen LogP contribution is 2.41. The van der Waals surface area contributed by atoms with Crippen molar-refractivity contribution >= 4 is 22.1 Å². The molecular formula is C40H30N4. The van der Waals surface area contributed by atoms with Crippen molar-refractivity contribution in [2.75, 3.05) is 0 Å². The van der Waals surface area contributed by atoms with E-state index in [2.05, 4.69) is 157 Å². The van der Waals surface area contributed by atoms with Crippen LogP contribution in [0.15, 0.2) is 146 Å². The molecule has 0 aliphatic rings. The summed E-state index contributed by atoms with van der Waals surface area (Å²) in [6, 6.07) is 51.5. The van der Waals surface area contributed by atoms with Crippen molar-refractivity contribution in [3.05, 3.63) is 146 Å². The lowest BCUT2D eigenvalue weighted by atomic mass is 9.87. The molecule has 4 heteroatoms. The number of imidazole rings is 2. The Labute approximate surface area is 256 Å². The number of fused-ring (bicyclic) bond motifs is 2. The third kappa shape index (κ3) is 4.31. The van der Waals surface area contributed by atoms with E-state index in [9.17, 15) is 0 Å². The van der Waals surface area contributed by atoms with E-state index in [4.69, 9.17) is 9.97 Å². The number of hydrogen-bond donors (Lipinski definition) is 0. The molecule has 6 aromatic carbocycles. The summed E-state index contributed by atoms with van der Waals surface area (Å²) in [7, 11) is 4.16. The Morgan fingerprint density at radius 3 is 1.23 bits per heavy atom. The van der Waals surface area contributed by atoms with Gasteiger partial charge in [0.15, 0.2) is 0 Å². The molecule has 2 heterocycles. The monoisotopic (exact) mass is 566 g/mol. The number of nitrogens with zero attached hydrogens (tertiary/aromatic N) is 4. The lowest BCUT2D eigenvalue weighted by molar-refractivity contribution is 0.959. The van der Waals surface area contributed by atoms with Gasteiger partial charge in [0.1, 0.15) is 11.6 Å². The smallest absolute Gasteiger partial charge is 0.140 e. The Morgan fingerprint density at radius 2 is 0.773 bits per heavy atom. The van der Waals surface area contributed by atoms with Crippen LogP contribution in [0.5, 0.6) is 0 Å². The standard InChI is InChI=1S/C40H30N4/c1-43-36-17-8-6-15-34(36)41-39(43)30-23-19-27(20-24-30)32-13-10-14-33(38(32)29-11-4-3-5-12-29)28-21-25-31(26-22-28)40-42-35-16-7-9-18-37(35)44(40)2/h3-26H,1-2H3. The lowest BCUT2D eigenvalue weighted by Gasteiger charge is -2.17. The Hall–Kier alpha value is -5.74. The fraction of sp³-hybridized carbons (Fsp3) is 0.0500. The molecule has 0 atom stereocenters. The van der Waals surface area contributed by atoms with E-state index in [1.54, 1.807) is 0 Å². The summed E-state index contributed by atoms with van der Waals surface area (Å²) in [4.78, 5) is 9.81. The molecule has 0 unspecified atom stereocenters. The normalized spacial score (nSPS) is 11.4.